The maximum atomic E-state index is 12.7. The van der Waals surface area contributed by atoms with Crippen LogP contribution >= 0.6 is 0 Å². The molecule has 1 aromatic rings. The van der Waals surface area contributed by atoms with Gasteiger partial charge in [0.2, 0.25) is 10.0 Å². The van der Waals surface area contributed by atoms with E-state index in [9.17, 15) is 8.42 Å². The molecule has 3 N–H and O–H groups in total. The predicted octanol–water partition coefficient (Wildman–Crippen LogP) is 1.57. The summed E-state index contributed by atoms with van der Waals surface area (Å²) >= 11 is 0. The fourth-order valence-corrected chi connectivity index (χ4v) is 4.17. The van der Waals surface area contributed by atoms with E-state index in [0.717, 1.165) is 25.7 Å². The summed E-state index contributed by atoms with van der Waals surface area (Å²) in [5, 5.41) is 0. The third-order valence-corrected chi connectivity index (χ3v) is 6.03. The summed E-state index contributed by atoms with van der Waals surface area (Å²) < 4.78 is 26.8. The van der Waals surface area contributed by atoms with Gasteiger partial charge < -0.3 is 5.43 Å². The molecular formula is C13H22N4O2S. The Morgan fingerprint density at radius 3 is 2.60 bits per heavy atom. The molecule has 1 aromatic heterocycles. The molecule has 7 heteroatoms. The van der Waals surface area contributed by atoms with E-state index in [2.05, 4.69) is 17.3 Å². The minimum atomic E-state index is -3.57. The molecule has 0 aromatic carbocycles. The van der Waals surface area contributed by atoms with Crippen molar-refractivity contribution < 1.29 is 8.42 Å². The number of nitrogens with zero attached hydrogens (tertiary/aromatic N) is 2. The van der Waals surface area contributed by atoms with Gasteiger partial charge in [0.05, 0.1) is 5.69 Å². The molecule has 0 aliphatic heterocycles. The Kier molecular flexibility index (Phi) is 4.62. The Bertz CT molecular complexity index is 553. The van der Waals surface area contributed by atoms with E-state index in [-0.39, 0.29) is 10.9 Å². The van der Waals surface area contributed by atoms with Gasteiger partial charge in [-0.2, -0.15) is 4.31 Å². The lowest BCUT2D eigenvalue weighted by Crippen LogP contribution is -2.39. The van der Waals surface area contributed by atoms with Crippen molar-refractivity contribution in [3.63, 3.8) is 0 Å². The largest absolute Gasteiger partial charge is 0.323 e. The van der Waals surface area contributed by atoms with Crippen molar-refractivity contribution in [2.24, 2.45) is 11.8 Å². The van der Waals surface area contributed by atoms with Crippen molar-refractivity contribution in [2.75, 3.05) is 12.5 Å². The lowest BCUT2D eigenvalue weighted by atomic mass is 9.87. The summed E-state index contributed by atoms with van der Waals surface area (Å²) in [6.07, 6.45) is 6.80. The number of rotatable bonds is 4. The quantitative estimate of drug-likeness (QED) is 0.650. The summed E-state index contributed by atoms with van der Waals surface area (Å²) in [6.45, 7) is 2.21. The molecule has 0 unspecified atom stereocenters. The topological polar surface area (TPSA) is 88.3 Å². The van der Waals surface area contributed by atoms with Crippen LogP contribution in [0.5, 0.6) is 0 Å². The van der Waals surface area contributed by atoms with Gasteiger partial charge in [-0.05, 0) is 37.7 Å². The lowest BCUT2D eigenvalue weighted by Gasteiger charge is -2.33. The van der Waals surface area contributed by atoms with Crippen molar-refractivity contribution in [3.8, 4) is 0 Å². The van der Waals surface area contributed by atoms with Crippen LogP contribution in [0.2, 0.25) is 0 Å². The summed E-state index contributed by atoms with van der Waals surface area (Å²) in [5.74, 6) is 6.07. The van der Waals surface area contributed by atoms with E-state index in [1.807, 2.05) is 0 Å². The maximum Gasteiger partial charge on any atom is 0.246 e. The number of hydrogen-bond donors (Lipinski definition) is 2. The van der Waals surface area contributed by atoms with Crippen LogP contribution in [-0.4, -0.2) is 30.8 Å². The molecule has 112 valence electrons. The number of sulfonamides is 1. The summed E-state index contributed by atoms with van der Waals surface area (Å²) in [4.78, 5) is 4.03. The zero-order chi connectivity index (χ0) is 14.8. The molecule has 0 bridgehead atoms. The van der Waals surface area contributed by atoms with Crippen molar-refractivity contribution in [2.45, 2.75) is 43.5 Å². The Morgan fingerprint density at radius 1 is 1.35 bits per heavy atom. The third kappa shape index (κ3) is 2.94. The van der Waals surface area contributed by atoms with Crippen LogP contribution in [0.3, 0.4) is 0 Å². The Hall–Kier alpha value is -1.18. The summed E-state index contributed by atoms with van der Waals surface area (Å²) in [6, 6.07) is 1.62. The zero-order valence-electron chi connectivity index (χ0n) is 11.9. The van der Waals surface area contributed by atoms with E-state index < -0.39 is 10.0 Å². The summed E-state index contributed by atoms with van der Waals surface area (Å²) in [7, 11) is -1.93. The van der Waals surface area contributed by atoms with Crippen LogP contribution in [0.15, 0.2) is 23.4 Å². The van der Waals surface area contributed by atoms with Gasteiger partial charge in [0, 0.05) is 25.5 Å². The van der Waals surface area contributed by atoms with E-state index in [1.54, 1.807) is 13.1 Å². The third-order valence-electron chi connectivity index (χ3n) is 4.10. The van der Waals surface area contributed by atoms with E-state index in [0.29, 0.717) is 11.6 Å². The van der Waals surface area contributed by atoms with Crippen LogP contribution in [0, 0.1) is 5.92 Å². The average molecular weight is 298 g/mol. The van der Waals surface area contributed by atoms with Crippen LogP contribution in [-0.2, 0) is 10.0 Å². The fourth-order valence-electron chi connectivity index (χ4n) is 2.66. The molecule has 1 heterocycles. The van der Waals surface area contributed by atoms with Gasteiger partial charge in [0.1, 0.15) is 4.90 Å². The number of nitrogens with one attached hydrogen (secondary N) is 1. The van der Waals surface area contributed by atoms with Gasteiger partial charge in [-0.3, -0.25) is 10.8 Å². The number of aromatic nitrogens is 1. The molecule has 0 saturated heterocycles. The predicted molar refractivity (Wildman–Crippen MR) is 78.4 cm³/mol. The number of hydrazine groups is 1. The first-order valence-electron chi connectivity index (χ1n) is 6.85. The average Bonchev–Trinajstić information content (AvgIpc) is 2.47. The lowest BCUT2D eigenvalue weighted by molar-refractivity contribution is 0.246. The van der Waals surface area contributed by atoms with Crippen molar-refractivity contribution in [1.29, 1.82) is 0 Å². The second kappa shape index (κ2) is 6.07. The highest BCUT2D eigenvalue weighted by Gasteiger charge is 2.32. The number of nitrogens with two attached hydrogens (primary N) is 1. The molecule has 6 nitrogen and oxygen atoms in total. The minimum absolute atomic E-state index is 0.0574. The fraction of sp³-hybridized carbons (Fsp3) is 0.615. The Labute approximate surface area is 120 Å². The molecule has 0 spiro atoms. The monoisotopic (exact) mass is 298 g/mol. The molecule has 1 fully saturated rings. The van der Waals surface area contributed by atoms with Crippen LogP contribution < -0.4 is 11.3 Å². The highest BCUT2D eigenvalue weighted by Crippen LogP contribution is 2.31. The second-order valence-electron chi connectivity index (χ2n) is 5.45. The smallest absolute Gasteiger partial charge is 0.246 e. The van der Waals surface area contributed by atoms with Crippen LogP contribution in [0.4, 0.5) is 5.69 Å². The first kappa shape index (κ1) is 15.2. The Balaban J connectivity index is 2.25. The second-order valence-corrected chi connectivity index (χ2v) is 7.42. The van der Waals surface area contributed by atoms with Crippen LogP contribution in [0.1, 0.15) is 32.6 Å². The first-order valence-corrected chi connectivity index (χ1v) is 8.29. The standard InChI is InChI=1S/C13H22N4O2S/c1-10-3-5-11(6-4-10)17(2)20(18,19)13-9-15-8-7-12(13)16-14/h7-11H,3-6,14H2,1-2H3,(H,15,16). The highest BCUT2D eigenvalue weighted by molar-refractivity contribution is 7.89. The van der Waals surface area contributed by atoms with Gasteiger partial charge in [-0.25, -0.2) is 8.42 Å². The normalized spacial score (nSPS) is 23.8. The van der Waals surface area contributed by atoms with Gasteiger partial charge in [0.25, 0.3) is 0 Å². The van der Waals surface area contributed by atoms with Crippen LogP contribution in [0.25, 0.3) is 0 Å². The SMILES string of the molecule is CC1CCC(N(C)S(=O)(=O)c2cnccc2NN)CC1. The molecule has 0 atom stereocenters. The van der Waals surface area contributed by atoms with Gasteiger partial charge in [-0.1, -0.05) is 6.92 Å². The molecule has 0 amide bonds. The molecule has 1 aliphatic rings. The van der Waals surface area contributed by atoms with E-state index in [1.165, 1.54) is 16.7 Å². The molecule has 20 heavy (non-hydrogen) atoms. The van der Waals surface area contributed by atoms with Gasteiger partial charge in [-0.15, -0.1) is 0 Å². The van der Waals surface area contributed by atoms with E-state index in [4.69, 9.17) is 5.84 Å². The molecule has 2 rings (SSSR count). The maximum absolute atomic E-state index is 12.7. The number of hydrogen-bond acceptors (Lipinski definition) is 5. The van der Waals surface area contributed by atoms with Crippen molar-refractivity contribution >= 4 is 15.7 Å². The number of nitrogen functional groups attached to an aromatic ring is 1. The van der Waals surface area contributed by atoms with Crippen molar-refractivity contribution in [1.82, 2.24) is 9.29 Å². The number of anilines is 1. The molecule has 1 aliphatic carbocycles. The minimum Gasteiger partial charge on any atom is -0.323 e. The molecular weight excluding hydrogens is 276 g/mol. The number of pyridine rings is 1. The van der Waals surface area contributed by atoms with Gasteiger partial charge in [0.15, 0.2) is 0 Å². The van der Waals surface area contributed by atoms with Gasteiger partial charge >= 0.3 is 0 Å². The zero-order valence-corrected chi connectivity index (χ0v) is 12.7. The molecule has 0 radical (unpaired) electrons. The molecule has 1 saturated carbocycles. The summed E-state index contributed by atoms with van der Waals surface area (Å²) in [5.41, 5.74) is 2.79. The van der Waals surface area contributed by atoms with Crippen molar-refractivity contribution in [3.05, 3.63) is 18.5 Å². The highest BCUT2D eigenvalue weighted by atomic mass is 32.2. The first-order chi connectivity index (χ1) is 9.46. The van der Waals surface area contributed by atoms with E-state index >= 15 is 0 Å². The Morgan fingerprint density at radius 2 is 2.00 bits per heavy atom.